The largest absolute Gasteiger partial charge is 0.372 e. The molecule has 2 aliphatic carbocycles. The quantitative estimate of drug-likeness (QED) is 0.776. The molecule has 19 heavy (non-hydrogen) atoms. The van der Waals surface area contributed by atoms with E-state index in [2.05, 4.69) is 5.32 Å². The maximum Gasteiger partial charge on any atom is 0.123 e. The highest BCUT2D eigenvalue weighted by Gasteiger charge is 2.24. The van der Waals surface area contributed by atoms with Gasteiger partial charge in [0.15, 0.2) is 0 Å². The van der Waals surface area contributed by atoms with Crippen molar-refractivity contribution in [3.63, 3.8) is 0 Å². The Morgan fingerprint density at radius 3 is 2.53 bits per heavy atom. The second kappa shape index (κ2) is 6.02. The van der Waals surface area contributed by atoms with E-state index in [9.17, 15) is 4.39 Å². The van der Waals surface area contributed by atoms with Crippen LogP contribution in [0.15, 0.2) is 24.3 Å². The fraction of sp³-hybridized carbons (Fsp3) is 0.625. The van der Waals surface area contributed by atoms with Crippen LogP contribution in [0.25, 0.3) is 0 Å². The van der Waals surface area contributed by atoms with Crippen LogP contribution >= 0.6 is 0 Å². The first-order valence-corrected chi connectivity index (χ1v) is 7.42. The fourth-order valence-electron chi connectivity index (χ4n) is 2.30. The van der Waals surface area contributed by atoms with Gasteiger partial charge in [0.2, 0.25) is 0 Å². The van der Waals surface area contributed by atoms with Crippen molar-refractivity contribution in [3.05, 3.63) is 35.6 Å². The van der Waals surface area contributed by atoms with Gasteiger partial charge >= 0.3 is 0 Å². The third-order valence-corrected chi connectivity index (χ3v) is 3.95. The Kier molecular flexibility index (Phi) is 4.14. The van der Waals surface area contributed by atoms with E-state index < -0.39 is 0 Å². The molecule has 3 rings (SSSR count). The number of rotatable bonds is 8. The summed E-state index contributed by atoms with van der Waals surface area (Å²) in [5.41, 5.74) is 1.07. The lowest BCUT2D eigenvalue weighted by Crippen LogP contribution is -2.25. The first kappa shape index (κ1) is 13.1. The molecule has 2 fully saturated rings. The van der Waals surface area contributed by atoms with Crippen LogP contribution < -0.4 is 5.32 Å². The second-order valence-electron chi connectivity index (χ2n) is 5.83. The summed E-state index contributed by atoms with van der Waals surface area (Å²) >= 11 is 0. The molecule has 0 aromatic heterocycles. The SMILES string of the molecule is Fc1ccc(C(CNC2CC2)OCCC2CC2)cc1. The van der Waals surface area contributed by atoms with Gasteiger partial charge in [-0.3, -0.25) is 0 Å². The van der Waals surface area contributed by atoms with Crippen molar-refractivity contribution in [2.75, 3.05) is 13.2 Å². The van der Waals surface area contributed by atoms with E-state index in [0.717, 1.165) is 24.6 Å². The molecule has 1 aromatic carbocycles. The lowest BCUT2D eigenvalue weighted by atomic mass is 10.1. The number of ether oxygens (including phenoxy) is 1. The summed E-state index contributed by atoms with van der Waals surface area (Å²) in [4.78, 5) is 0. The molecule has 0 radical (unpaired) electrons. The Morgan fingerprint density at radius 1 is 1.16 bits per heavy atom. The molecule has 0 bridgehead atoms. The van der Waals surface area contributed by atoms with E-state index in [4.69, 9.17) is 4.74 Å². The summed E-state index contributed by atoms with van der Waals surface area (Å²) in [5, 5.41) is 3.50. The third kappa shape index (κ3) is 4.29. The molecule has 1 unspecified atom stereocenters. The zero-order valence-electron chi connectivity index (χ0n) is 11.3. The minimum Gasteiger partial charge on any atom is -0.372 e. The van der Waals surface area contributed by atoms with E-state index in [-0.39, 0.29) is 11.9 Å². The summed E-state index contributed by atoms with van der Waals surface area (Å²) in [6.45, 7) is 1.65. The standard InChI is InChI=1S/C16H22FNO/c17-14-5-3-13(4-6-14)16(11-18-15-7-8-15)19-10-9-12-1-2-12/h3-6,12,15-16,18H,1-2,7-11H2. The van der Waals surface area contributed by atoms with Gasteiger partial charge in [0.1, 0.15) is 5.82 Å². The van der Waals surface area contributed by atoms with Gasteiger partial charge in [0.05, 0.1) is 6.10 Å². The molecule has 2 nitrogen and oxygen atoms in total. The number of hydrogen-bond donors (Lipinski definition) is 1. The average molecular weight is 263 g/mol. The van der Waals surface area contributed by atoms with Gasteiger partial charge in [-0.05, 0) is 42.9 Å². The Morgan fingerprint density at radius 2 is 1.89 bits per heavy atom. The summed E-state index contributed by atoms with van der Waals surface area (Å²) in [6.07, 6.45) is 6.51. The van der Waals surface area contributed by atoms with Crippen LogP contribution in [0.1, 0.15) is 43.8 Å². The van der Waals surface area contributed by atoms with Crippen LogP contribution in [0, 0.1) is 11.7 Å². The van der Waals surface area contributed by atoms with Crippen LogP contribution in [-0.2, 0) is 4.74 Å². The van der Waals surface area contributed by atoms with Gasteiger partial charge in [0.25, 0.3) is 0 Å². The van der Waals surface area contributed by atoms with Crippen molar-refractivity contribution in [3.8, 4) is 0 Å². The summed E-state index contributed by atoms with van der Waals surface area (Å²) in [7, 11) is 0. The van der Waals surface area contributed by atoms with Crippen LogP contribution in [0.4, 0.5) is 4.39 Å². The maximum atomic E-state index is 13.0. The van der Waals surface area contributed by atoms with Crippen molar-refractivity contribution in [2.45, 2.75) is 44.2 Å². The monoisotopic (exact) mass is 263 g/mol. The molecular weight excluding hydrogens is 241 g/mol. The van der Waals surface area contributed by atoms with E-state index in [1.54, 1.807) is 0 Å². The van der Waals surface area contributed by atoms with Gasteiger partial charge in [-0.2, -0.15) is 0 Å². The number of hydrogen-bond acceptors (Lipinski definition) is 2. The van der Waals surface area contributed by atoms with E-state index in [0.29, 0.717) is 6.04 Å². The minimum atomic E-state index is -0.185. The maximum absolute atomic E-state index is 13.0. The first-order valence-electron chi connectivity index (χ1n) is 7.42. The van der Waals surface area contributed by atoms with Crippen LogP contribution in [-0.4, -0.2) is 19.2 Å². The van der Waals surface area contributed by atoms with Crippen molar-refractivity contribution in [2.24, 2.45) is 5.92 Å². The van der Waals surface area contributed by atoms with Gasteiger partial charge in [-0.1, -0.05) is 25.0 Å². The number of halogens is 1. The molecular formula is C16H22FNO. The topological polar surface area (TPSA) is 21.3 Å². The summed E-state index contributed by atoms with van der Waals surface area (Å²) in [5.74, 6) is 0.709. The Hall–Kier alpha value is -0.930. The molecule has 3 heteroatoms. The minimum absolute atomic E-state index is 0.0555. The fourth-order valence-corrected chi connectivity index (χ4v) is 2.30. The zero-order valence-corrected chi connectivity index (χ0v) is 11.3. The lowest BCUT2D eigenvalue weighted by molar-refractivity contribution is 0.0483. The summed E-state index contributed by atoms with van der Waals surface area (Å²) < 4.78 is 19.0. The Bertz CT molecular complexity index is 398. The van der Waals surface area contributed by atoms with E-state index in [1.807, 2.05) is 12.1 Å². The Balaban J connectivity index is 1.54. The zero-order chi connectivity index (χ0) is 13.1. The molecule has 1 aromatic rings. The predicted octanol–water partition coefficient (Wildman–Crippen LogP) is 3.44. The Labute approximate surface area is 114 Å². The van der Waals surface area contributed by atoms with Gasteiger partial charge in [0, 0.05) is 19.2 Å². The molecule has 0 amide bonds. The van der Waals surface area contributed by atoms with Crippen LogP contribution in [0.3, 0.4) is 0 Å². The molecule has 2 aliphatic rings. The van der Waals surface area contributed by atoms with Gasteiger partial charge in [-0.15, -0.1) is 0 Å². The van der Waals surface area contributed by atoms with Crippen LogP contribution in [0.5, 0.6) is 0 Å². The smallest absolute Gasteiger partial charge is 0.123 e. The highest BCUT2D eigenvalue weighted by Crippen LogP contribution is 2.33. The van der Waals surface area contributed by atoms with Gasteiger partial charge in [-0.25, -0.2) is 4.39 Å². The van der Waals surface area contributed by atoms with Gasteiger partial charge < -0.3 is 10.1 Å². The van der Waals surface area contributed by atoms with Crippen molar-refractivity contribution in [1.82, 2.24) is 5.32 Å². The first-order chi connectivity index (χ1) is 9.31. The van der Waals surface area contributed by atoms with Crippen molar-refractivity contribution >= 4 is 0 Å². The molecule has 2 saturated carbocycles. The number of benzene rings is 1. The number of nitrogens with one attached hydrogen (secondary N) is 1. The molecule has 104 valence electrons. The molecule has 0 heterocycles. The highest BCUT2D eigenvalue weighted by molar-refractivity contribution is 5.19. The lowest BCUT2D eigenvalue weighted by Gasteiger charge is -2.19. The van der Waals surface area contributed by atoms with Crippen molar-refractivity contribution in [1.29, 1.82) is 0 Å². The predicted molar refractivity (Wildman–Crippen MR) is 73.5 cm³/mol. The van der Waals surface area contributed by atoms with Crippen molar-refractivity contribution < 1.29 is 9.13 Å². The third-order valence-electron chi connectivity index (χ3n) is 3.95. The highest BCUT2D eigenvalue weighted by atomic mass is 19.1. The second-order valence-corrected chi connectivity index (χ2v) is 5.83. The molecule has 0 spiro atoms. The molecule has 0 aliphatic heterocycles. The molecule has 1 atom stereocenters. The van der Waals surface area contributed by atoms with E-state index in [1.165, 1.54) is 44.2 Å². The normalized spacial score (nSPS) is 20.5. The average Bonchev–Trinajstić information content (AvgIpc) is 3.28. The molecule has 1 N–H and O–H groups in total. The van der Waals surface area contributed by atoms with Crippen LogP contribution in [0.2, 0.25) is 0 Å². The summed E-state index contributed by atoms with van der Waals surface area (Å²) in [6, 6.07) is 7.39. The molecule has 0 saturated heterocycles. The van der Waals surface area contributed by atoms with E-state index >= 15 is 0 Å².